The van der Waals surface area contributed by atoms with Crippen molar-refractivity contribution in [3.63, 3.8) is 0 Å². The molecule has 5 heteroatoms. The van der Waals surface area contributed by atoms with Gasteiger partial charge >= 0.3 is 0 Å². The lowest BCUT2D eigenvalue weighted by atomic mass is 10.1. The molecule has 1 aliphatic heterocycles. The van der Waals surface area contributed by atoms with Gasteiger partial charge in [0, 0.05) is 10.9 Å². The molecule has 2 heterocycles. The van der Waals surface area contributed by atoms with Crippen LogP contribution in [0.3, 0.4) is 0 Å². The average Bonchev–Trinajstić information content (AvgIpc) is 3.09. The van der Waals surface area contributed by atoms with Crippen molar-refractivity contribution in [1.82, 2.24) is 4.68 Å². The fourth-order valence-corrected chi connectivity index (χ4v) is 4.04. The molecule has 1 saturated heterocycles. The quantitative estimate of drug-likeness (QED) is 0.701. The number of aromatic nitrogens is 1. The average molecular weight is 366 g/mol. The maximum atomic E-state index is 5.55. The van der Waals surface area contributed by atoms with Crippen molar-refractivity contribution >= 4 is 17.0 Å². The number of hydrogen-bond donors (Lipinski definition) is 0. The van der Waals surface area contributed by atoms with Crippen LogP contribution >= 0.6 is 11.3 Å². The maximum absolute atomic E-state index is 5.55. The Labute approximate surface area is 158 Å². The predicted octanol–water partition coefficient (Wildman–Crippen LogP) is 4.03. The normalized spacial score (nSPS) is 15.5. The summed E-state index contributed by atoms with van der Waals surface area (Å²) < 4.78 is 7.82. The third kappa shape index (κ3) is 3.45. The smallest absolute Gasteiger partial charge is 0.209 e. The van der Waals surface area contributed by atoms with Gasteiger partial charge in [0.2, 0.25) is 4.80 Å². The van der Waals surface area contributed by atoms with E-state index in [9.17, 15) is 0 Å². The number of aryl methyl sites for hydroxylation is 2. The molecule has 0 unspecified atom stereocenters. The third-order valence-corrected chi connectivity index (χ3v) is 5.56. The Morgan fingerprint density at radius 3 is 2.46 bits per heavy atom. The number of thiazole rings is 1. The first-order chi connectivity index (χ1) is 12.7. The zero-order valence-electron chi connectivity index (χ0n) is 15.2. The summed E-state index contributed by atoms with van der Waals surface area (Å²) in [5.74, 6) is 0. The van der Waals surface area contributed by atoms with Crippen LogP contribution in [0, 0.1) is 13.8 Å². The molecule has 4 rings (SSSR count). The molecule has 1 aliphatic rings. The Bertz CT molecular complexity index is 953. The van der Waals surface area contributed by atoms with Gasteiger partial charge in [0.05, 0.1) is 37.7 Å². The molecule has 0 saturated carbocycles. The van der Waals surface area contributed by atoms with Crippen LogP contribution < -0.4 is 9.81 Å². The highest BCUT2D eigenvalue weighted by atomic mass is 32.1. The van der Waals surface area contributed by atoms with Gasteiger partial charge in [0.15, 0.2) is 0 Å². The molecule has 2 aromatic carbocycles. The summed E-state index contributed by atoms with van der Waals surface area (Å²) in [5.41, 5.74) is 6.02. The minimum Gasteiger partial charge on any atom is -0.378 e. The number of benzene rings is 2. The number of ether oxygens (including phenoxy) is 1. The van der Waals surface area contributed by atoms with E-state index in [-0.39, 0.29) is 0 Å². The van der Waals surface area contributed by atoms with Gasteiger partial charge < -0.3 is 9.75 Å². The van der Waals surface area contributed by atoms with Crippen molar-refractivity contribution in [3.8, 4) is 11.3 Å². The van der Waals surface area contributed by atoms with Crippen molar-refractivity contribution in [2.45, 2.75) is 13.8 Å². The van der Waals surface area contributed by atoms with E-state index < -0.39 is 0 Å². The molecule has 0 aliphatic carbocycles. The van der Waals surface area contributed by atoms with Gasteiger partial charge in [-0.15, -0.1) is 11.3 Å². The van der Waals surface area contributed by atoms with E-state index in [1.54, 1.807) is 11.3 Å². The molecule has 26 heavy (non-hydrogen) atoms. The molecule has 0 bridgehead atoms. The minimum atomic E-state index is 0.750. The molecule has 0 amide bonds. The summed E-state index contributed by atoms with van der Waals surface area (Å²) in [4.78, 5) is 5.89. The molecule has 0 N–H and O–H groups in total. The first kappa shape index (κ1) is 17.1. The number of hydrogen-bond acceptors (Lipinski definition) is 4. The molecule has 0 spiro atoms. The van der Waals surface area contributed by atoms with Gasteiger partial charge in [-0.2, -0.15) is 0 Å². The number of para-hydroxylation sites is 1. The molecule has 3 aromatic rings. The Morgan fingerprint density at radius 2 is 1.73 bits per heavy atom. The Kier molecular flexibility index (Phi) is 4.91. The van der Waals surface area contributed by atoms with Gasteiger partial charge in [-0.3, -0.25) is 0 Å². The fourth-order valence-electron chi connectivity index (χ4n) is 3.12. The number of nitrogens with zero attached hydrogens (tertiary/aromatic N) is 3. The van der Waals surface area contributed by atoms with Crippen LogP contribution in [0.15, 0.2) is 58.9 Å². The van der Waals surface area contributed by atoms with Crippen LogP contribution in [0.4, 0.5) is 5.69 Å². The largest absolute Gasteiger partial charge is 0.378 e. The fraction of sp³-hybridized carbons (Fsp3) is 0.286. The highest BCUT2D eigenvalue weighted by Gasteiger charge is 2.17. The second-order valence-corrected chi connectivity index (χ2v) is 7.36. The van der Waals surface area contributed by atoms with Crippen LogP contribution in [0.1, 0.15) is 11.1 Å². The van der Waals surface area contributed by atoms with Crippen LogP contribution in [-0.4, -0.2) is 31.0 Å². The third-order valence-electron chi connectivity index (χ3n) is 4.74. The van der Waals surface area contributed by atoms with E-state index in [1.165, 1.54) is 22.4 Å². The Hall–Kier alpha value is -2.37. The summed E-state index contributed by atoms with van der Waals surface area (Å²) >= 11 is 1.68. The Morgan fingerprint density at radius 1 is 0.962 bits per heavy atom. The number of rotatable bonds is 3. The van der Waals surface area contributed by atoms with Gasteiger partial charge in [-0.25, -0.2) is 9.67 Å². The minimum absolute atomic E-state index is 0.750. The van der Waals surface area contributed by atoms with Crippen LogP contribution in [-0.2, 0) is 4.74 Å². The molecule has 4 nitrogen and oxygen atoms in total. The van der Waals surface area contributed by atoms with Crippen molar-refractivity contribution < 1.29 is 4.74 Å². The summed E-state index contributed by atoms with van der Waals surface area (Å²) in [7, 11) is 0. The lowest BCUT2D eigenvalue weighted by Gasteiger charge is -2.31. The van der Waals surface area contributed by atoms with E-state index in [0.717, 1.165) is 36.8 Å². The van der Waals surface area contributed by atoms with E-state index in [0.29, 0.717) is 0 Å². The van der Waals surface area contributed by atoms with Crippen LogP contribution in [0.2, 0.25) is 0 Å². The van der Waals surface area contributed by atoms with Gasteiger partial charge in [-0.05, 0) is 43.2 Å². The van der Waals surface area contributed by atoms with E-state index in [4.69, 9.17) is 9.73 Å². The van der Waals surface area contributed by atoms with E-state index >= 15 is 0 Å². The Balaban J connectivity index is 1.86. The lowest BCUT2D eigenvalue weighted by molar-refractivity contribution is 0.111. The second kappa shape index (κ2) is 7.48. The summed E-state index contributed by atoms with van der Waals surface area (Å²) in [6.07, 6.45) is 0. The van der Waals surface area contributed by atoms with Crippen molar-refractivity contribution in [1.29, 1.82) is 0 Å². The molecule has 1 fully saturated rings. The zero-order valence-corrected chi connectivity index (χ0v) is 16.0. The molecule has 134 valence electrons. The molecule has 1 aromatic heterocycles. The van der Waals surface area contributed by atoms with Gasteiger partial charge in [0.1, 0.15) is 0 Å². The molecule has 0 radical (unpaired) electrons. The summed E-state index contributed by atoms with van der Waals surface area (Å²) in [6, 6.07) is 16.8. The maximum Gasteiger partial charge on any atom is 0.209 e. The van der Waals surface area contributed by atoms with Crippen LogP contribution in [0.25, 0.3) is 11.3 Å². The van der Waals surface area contributed by atoms with Crippen molar-refractivity contribution in [3.05, 3.63) is 69.8 Å². The molecule has 0 atom stereocenters. The van der Waals surface area contributed by atoms with E-state index in [1.807, 2.05) is 30.3 Å². The van der Waals surface area contributed by atoms with Gasteiger partial charge in [0.25, 0.3) is 0 Å². The molecular weight excluding hydrogens is 342 g/mol. The zero-order chi connectivity index (χ0) is 17.9. The highest BCUT2D eigenvalue weighted by Crippen LogP contribution is 2.24. The summed E-state index contributed by atoms with van der Waals surface area (Å²) in [5, 5.41) is 4.55. The monoisotopic (exact) mass is 365 g/mol. The molecular formula is C21H23N3OS. The lowest BCUT2D eigenvalue weighted by Crippen LogP contribution is -2.48. The predicted molar refractivity (Wildman–Crippen MR) is 108 cm³/mol. The summed E-state index contributed by atoms with van der Waals surface area (Å²) in [6.45, 7) is 7.56. The van der Waals surface area contributed by atoms with Crippen LogP contribution in [0.5, 0.6) is 0 Å². The van der Waals surface area contributed by atoms with Gasteiger partial charge in [-0.1, -0.05) is 30.3 Å². The highest BCUT2D eigenvalue weighted by molar-refractivity contribution is 7.07. The SMILES string of the molecule is Cc1ccc(-c2csc(=Nc3ccccc3)n2N2CCOCC2)cc1C. The van der Waals surface area contributed by atoms with Crippen molar-refractivity contribution in [2.24, 2.45) is 4.99 Å². The van der Waals surface area contributed by atoms with Crippen molar-refractivity contribution in [2.75, 3.05) is 31.3 Å². The number of morpholine rings is 1. The first-order valence-electron chi connectivity index (χ1n) is 8.93. The standard InChI is InChI=1S/C21H23N3OS/c1-16-8-9-18(14-17(16)2)20-15-26-21(22-19-6-4-3-5-7-19)24(20)23-10-12-25-13-11-23/h3-9,14-15H,10-13H2,1-2H3. The topological polar surface area (TPSA) is 29.8 Å². The second-order valence-electron chi connectivity index (χ2n) is 6.53. The van der Waals surface area contributed by atoms with E-state index in [2.05, 4.69) is 47.1 Å². The first-order valence-corrected chi connectivity index (χ1v) is 9.81.